The number of ketones is 1. The second-order valence-corrected chi connectivity index (χ2v) is 9.71. The molecule has 33 heavy (non-hydrogen) atoms. The van der Waals surface area contributed by atoms with Crippen LogP contribution in [0, 0.1) is 23.7 Å². The highest BCUT2D eigenvalue weighted by molar-refractivity contribution is 5.84. The standard InChI is InChI=1S/C28H50O5/c1-5-7-8-10-13-17-31-20-21-32-19-16-25-24(6-2)22-27(29)26(25)15-12-9-11-14-18-33-28(30)23(3)4/h9,12,23-26H,5-8,10-11,13-22H2,1-4H3/b12-9-/t24-,25+,26?/m1/s1. The first-order valence-corrected chi connectivity index (χ1v) is 13.5. The molecule has 0 aromatic carbocycles. The highest BCUT2D eigenvalue weighted by Crippen LogP contribution is 2.40. The van der Waals surface area contributed by atoms with Gasteiger partial charge >= 0.3 is 5.97 Å². The minimum absolute atomic E-state index is 0.0748. The van der Waals surface area contributed by atoms with Gasteiger partial charge in [0.15, 0.2) is 0 Å². The molecule has 0 aromatic heterocycles. The molecule has 1 aliphatic carbocycles. The summed E-state index contributed by atoms with van der Waals surface area (Å²) in [7, 11) is 0. The summed E-state index contributed by atoms with van der Waals surface area (Å²) in [6.07, 6.45) is 15.8. The van der Waals surface area contributed by atoms with Gasteiger partial charge in [0.1, 0.15) is 5.78 Å². The number of esters is 1. The summed E-state index contributed by atoms with van der Waals surface area (Å²) in [4.78, 5) is 24.1. The van der Waals surface area contributed by atoms with Gasteiger partial charge < -0.3 is 14.2 Å². The molecule has 3 atom stereocenters. The van der Waals surface area contributed by atoms with E-state index in [9.17, 15) is 9.59 Å². The highest BCUT2D eigenvalue weighted by Gasteiger charge is 2.40. The van der Waals surface area contributed by atoms with Crippen molar-refractivity contribution >= 4 is 11.8 Å². The number of rotatable bonds is 20. The van der Waals surface area contributed by atoms with E-state index in [2.05, 4.69) is 26.0 Å². The molecule has 0 spiro atoms. The predicted molar refractivity (Wildman–Crippen MR) is 134 cm³/mol. The van der Waals surface area contributed by atoms with Gasteiger partial charge in [-0.2, -0.15) is 0 Å². The Morgan fingerprint density at radius 2 is 1.67 bits per heavy atom. The fraction of sp³-hybridized carbons (Fsp3) is 0.857. The molecule has 0 heterocycles. The third kappa shape index (κ3) is 13.3. The zero-order valence-corrected chi connectivity index (χ0v) is 21.8. The molecule has 1 rings (SSSR count). The van der Waals surface area contributed by atoms with Crippen LogP contribution in [0.4, 0.5) is 0 Å². The van der Waals surface area contributed by atoms with Gasteiger partial charge in [0.25, 0.3) is 0 Å². The van der Waals surface area contributed by atoms with Crippen molar-refractivity contribution in [3.8, 4) is 0 Å². The Kier molecular flexibility index (Phi) is 17.3. The van der Waals surface area contributed by atoms with Crippen LogP contribution in [0.25, 0.3) is 0 Å². The molecule has 5 heteroatoms. The van der Waals surface area contributed by atoms with Crippen molar-refractivity contribution in [2.75, 3.05) is 33.0 Å². The van der Waals surface area contributed by atoms with E-state index in [1.165, 1.54) is 25.7 Å². The van der Waals surface area contributed by atoms with E-state index in [4.69, 9.17) is 14.2 Å². The number of hydrogen-bond acceptors (Lipinski definition) is 5. The molecule has 1 fully saturated rings. The molecule has 1 unspecified atom stereocenters. The maximum Gasteiger partial charge on any atom is 0.308 e. The first kappa shape index (κ1) is 29.8. The molecular weight excluding hydrogens is 416 g/mol. The van der Waals surface area contributed by atoms with Crippen molar-refractivity contribution in [1.29, 1.82) is 0 Å². The maximum atomic E-state index is 12.6. The van der Waals surface area contributed by atoms with E-state index in [1.807, 2.05) is 13.8 Å². The van der Waals surface area contributed by atoms with E-state index < -0.39 is 0 Å². The third-order valence-corrected chi connectivity index (χ3v) is 6.67. The fourth-order valence-corrected chi connectivity index (χ4v) is 4.57. The molecule has 0 saturated heterocycles. The summed E-state index contributed by atoms with van der Waals surface area (Å²) in [5.74, 6) is 1.21. The van der Waals surface area contributed by atoms with Crippen molar-refractivity contribution in [2.45, 2.75) is 98.3 Å². The average Bonchev–Trinajstić information content (AvgIpc) is 3.10. The van der Waals surface area contributed by atoms with Gasteiger partial charge in [-0.3, -0.25) is 9.59 Å². The Bertz CT molecular complexity index is 542. The lowest BCUT2D eigenvalue weighted by Crippen LogP contribution is -2.20. The first-order chi connectivity index (χ1) is 16.0. The zero-order chi connectivity index (χ0) is 24.3. The maximum absolute atomic E-state index is 12.6. The van der Waals surface area contributed by atoms with Gasteiger partial charge in [0, 0.05) is 25.6 Å². The lowest BCUT2D eigenvalue weighted by molar-refractivity contribution is -0.147. The number of carbonyl (C=O) groups excluding carboxylic acids is 2. The van der Waals surface area contributed by atoms with Gasteiger partial charge in [-0.15, -0.1) is 0 Å². The number of Topliss-reactive ketones (excluding diaryl/α,β-unsaturated/α-hetero) is 1. The Balaban J connectivity index is 2.21. The molecule has 192 valence electrons. The minimum atomic E-state index is -0.139. The van der Waals surface area contributed by atoms with E-state index in [0.29, 0.717) is 50.5 Å². The van der Waals surface area contributed by atoms with Crippen LogP contribution in [0.15, 0.2) is 12.2 Å². The predicted octanol–water partition coefficient (Wildman–Crippen LogP) is 6.54. The van der Waals surface area contributed by atoms with Gasteiger partial charge in [0.05, 0.1) is 25.7 Å². The minimum Gasteiger partial charge on any atom is -0.465 e. The summed E-state index contributed by atoms with van der Waals surface area (Å²) in [6.45, 7) is 11.4. The number of unbranched alkanes of at least 4 members (excludes halogenated alkanes) is 5. The van der Waals surface area contributed by atoms with Crippen LogP contribution in [0.2, 0.25) is 0 Å². The zero-order valence-electron chi connectivity index (χ0n) is 21.8. The molecule has 0 amide bonds. The van der Waals surface area contributed by atoms with E-state index >= 15 is 0 Å². The molecule has 0 bridgehead atoms. The van der Waals surface area contributed by atoms with E-state index in [-0.39, 0.29) is 17.8 Å². The van der Waals surface area contributed by atoms with Gasteiger partial charge in [-0.05, 0) is 43.9 Å². The molecule has 1 saturated carbocycles. The van der Waals surface area contributed by atoms with Crippen molar-refractivity contribution in [1.82, 2.24) is 0 Å². The van der Waals surface area contributed by atoms with Gasteiger partial charge in [0.2, 0.25) is 0 Å². The fourth-order valence-electron chi connectivity index (χ4n) is 4.57. The van der Waals surface area contributed by atoms with Crippen LogP contribution in [-0.4, -0.2) is 44.8 Å². The number of carbonyl (C=O) groups is 2. The third-order valence-electron chi connectivity index (χ3n) is 6.67. The molecule has 0 aromatic rings. The smallest absolute Gasteiger partial charge is 0.308 e. The summed E-state index contributed by atoms with van der Waals surface area (Å²) >= 11 is 0. The summed E-state index contributed by atoms with van der Waals surface area (Å²) in [6, 6.07) is 0. The van der Waals surface area contributed by atoms with Crippen molar-refractivity contribution in [3.63, 3.8) is 0 Å². The molecule has 5 nitrogen and oxygen atoms in total. The topological polar surface area (TPSA) is 61.8 Å². The van der Waals surface area contributed by atoms with Crippen LogP contribution in [0.3, 0.4) is 0 Å². The largest absolute Gasteiger partial charge is 0.465 e. The summed E-state index contributed by atoms with van der Waals surface area (Å²) < 4.78 is 16.7. The Hall–Kier alpha value is -1.20. The summed E-state index contributed by atoms with van der Waals surface area (Å²) in [5.41, 5.74) is 0. The first-order valence-electron chi connectivity index (χ1n) is 13.5. The molecule has 1 aliphatic rings. The molecule has 0 aliphatic heterocycles. The van der Waals surface area contributed by atoms with Crippen LogP contribution in [0.5, 0.6) is 0 Å². The monoisotopic (exact) mass is 466 g/mol. The second kappa shape index (κ2) is 19.1. The highest BCUT2D eigenvalue weighted by atomic mass is 16.5. The van der Waals surface area contributed by atoms with Crippen molar-refractivity contribution < 1.29 is 23.8 Å². The lowest BCUT2D eigenvalue weighted by atomic mass is 9.83. The Morgan fingerprint density at radius 1 is 0.939 bits per heavy atom. The van der Waals surface area contributed by atoms with Gasteiger partial charge in [-0.1, -0.05) is 72.0 Å². The Morgan fingerprint density at radius 3 is 2.36 bits per heavy atom. The van der Waals surface area contributed by atoms with Crippen LogP contribution in [0.1, 0.15) is 98.3 Å². The van der Waals surface area contributed by atoms with Crippen LogP contribution in [-0.2, 0) is 23.8 Å². The van der Waals surface area contributed by atoms with Crippen molar-refractivity contribution in [2.24, 2.45) is 23.7 Å². The normalized spacial score (nSPS) is 20.9. The lowest BCUT2D eigenvalue weighted by Gasteiger charge is -2.22. The SMILES string of the molecule is CCCCCCCOCCOCC[C@@H]1C(C/C=C\CCCOC(=O)C(C)C)C(=O)C[C@H]1CC. The van der Waals surface area contributed by atoms with Gasteiger partial charge in [-0.25, -0.2) is 0 Å². The van der Waals surface area contributed by atoms with Crippen molar-refractivity contribution in [3.05, 3.63) is 12.2 Å². The Labute approximate surface area is 203 Å². The average molecular weight is 467 g/mol. The van der Waals surface area contributed by atoms with Crippen LogP contribution < -0.4 is 0 Å². The number of hydrogen-bond donors (Lipinski definition) is 0. The quantitative estimate of drug-likeness (QED) is 0.116. The molecule has 0 N–H and O–H groups in total. The van der Waals surface area contributed by atoms with Crippen LogP contribution >= 0.6 is 0 Å². The number of ether oxygens (including phenoxy) is 3. The summed E-state index contributed by atoms with van der Waals surface area (Å²) in [5, 5.41) is 0. The molecular formula is C28H50O5. The molecule has 0 radical (unpaired) electrons. The second-order valence-electron chi connectivity index (χ2n) is 9.71. The number of allylic oxidation sites excluding steroid dienone is 2. The van der Waals surface area contributed by atoms with E-state index in [0.717, 1.165) is 45.1 Å². The van der Waals surface area contributed by atoms with E-state index in [1.54, 1.807) is 0 Å².